The van der Waals surface area contributed by atoms with Crippen molar-refractivity contribution in [3.8, 4) is 0 Å². The van der Waals surface area contributed by atoms with Crippen molar-refractivity contribution in [2.75, 3.05) is 0 Å². The molecule has 0 N–H and O–H groups in total. The van der Waals surface area contributed by atoms with E-state index < -0.39 is 0 Å². The molecule has 0 amide bonds. The Morgan fingerprint density at radius 3 is 1.64 bits per heavy atom. The molecule has 11 fully saturated rings. The van der Waals surface area contributed by atoms with Gasteiger partial charge in [-0.3, -0.25) is 4.90 Å². The van der Waals surface area contributed by atoms with Crippen LogP contribution in [0.15, 0.2) is 0 Å². The normalized spacial score (nSPS) is 54.4. The third kappa shape index (κ3) is 5.83. The second kappa shape index (κ2) is 14.3. The van der Waals surface area contributed by atoms with Gasteiger partial charge < -0.3 is 0 Å². The van der Waals surface area contributed by atoms with Gasteiger partial charge in [0.15, 0.2) is 0 Å². The molecule has 0 radical (unpaired) electrons. The number of nitrogens with zero attached hydrogens (tertiary/aromatic N) is 1. The Labute approximate surface area is 316 Å². The minimum atomic E-state index is 0.942. The number of likely N-dealkylation sites (tertiary alicyclic amines) is 1. The fraction of sp³-hybridized carbons (Fsp3) is 1.00. The molecule has 0 spiro atoms. The van der Waals surface area contributed by atoms with Crippen LogP contribution >= 0.6 is 23.5 Å². The average molecular weight is 718 g/mol. The largest absolute Gasteiger partial charge is 0.294 e. The van der Waals surface area contributed by atoms with Crippen LogP contribution in [-0.2, 0) is 0 Å². The lowest BCUT2D eigenvalue weighted by molar-refractivity contribution is 0.0195. The van der Waals surface area contributed by atoms with Gasteiger partial charge in [0.05, 0.1) is 0 Å². The van der Waals surface area contributed by atoms with E-state index in [-0.39, 0.29) is 0 Å². The summed E-state index contributed by atoms with van der Waals surface area (Å²) in [6.07, 6.45) is 44.3. The van der Waals surface area contributed by atoms with Crippen molar-refractivity contribution in [1.29, 1.82) is 0 Å². The van der Waals surface area contributed by atoms with Crippen molar-refractivity contribution in [2.45, 2.75) is 219 Å². The molecular weight excluding hydrogens is 643 g/mol. The molecule has 50 heavy (non-hydrogen) atoms. The van der Waals surface area contributed by atoms with Crippen LogP contribution in [0.25, 0.3) is 0 Å². The van der Waals surface area contributed by atoms with Crippen molar-refractivity contribution in [2.24, 2.45) is 71.0 Å². The van der Waals surface area contributed by atoms with Gasteiger partial charge in [0.2, 0.25) is 0 Å². The SMILES string of the molecule is C1CCC(C2CCC3C(C2)C2CC(C4CCCCC4)CCC2N3C2CCCC(C3CCCC4C5CCC6SC7CCCC7C6C5SC34)C2)CC1. The minimum Gasteiger partial charge on any atom is -0.294 e. The third-order valence-electron chi connectivity index (χ3n) is 19.6. The molecule has 17 unspecified atom stereocenters. The van der Waals surface area contributed by atoms with E-state index in [1.165, 1.54) is 12.8 Å². The van der Waals surface area contributed by atoms with Gasteiger partial charge in [-0.15, -0.1) is 0 Å². The molecule has 8 saturated carbocycles. The smallest absolute Gasteiger partial charge is 0.0133 e. The zero-order valence-electron chi connectivity index (χ0n) is 32.0. The second-order valence-electron chi connectivity index (χ2n) is 21.4. The van der Waals surface area contributed by atoms with Crippen molar-refractivity contribution < 1.29 is 0 Å². The van der Waals surface area contributed by atoms with Gasteiger partial charge in [-0.1, -0.05) is 89.9 Å². The summed E-state index contributed by atoms with van der Waals surface area (Å²) in [6.45, 7) is 0. The summed E-state index contributed by atoms with van der Waals surface area (Å²) in [5.41, 5.74) is 0. The van der Waals surface area contributed by atoms with E-state index >= 15 is 0 Å². The van der Waals surface area contributed by atoms with Gasteiger partial charge >= 0.3 is 0 Å². The number of hydrogen-bond donors (Lipinski definition) is 0. The fourth-order valence-corrected chi connectivity index (χ4v) is 22.5. The molecule has 0 aromatic carbocycles. The van der Waals surface area contributed by atoms with Gasteiger partial charge in [0.25, 0.3) is 0 Å². The van der Waals surface area contributed by atoms with Crippen molar-refractivity contribution in [3.63, 3.8) is 0 Å². The van der Waals surface area contributed by atoms with Gasteiger partial charge in [0.1, 0.15) is 0 Å². The summed E-state index contributed by atoms with van der Waals surface area (Å²) >= 11 is 5.18. The Kier molecular flexibility index (Phi) is 9.71. The molecule has 8 aliphatic carbocycles. The van der Waals surface area contributed by atoms with Crippen molar-refractivity contribution >= 4 is 23.5 Å². The van der Waals surface area contributed by atoms with Crippen LogP contribution < -0.4 is 0 Å². The summed E-state index contributed by atoms with van der Waals surface area (Å²) < 4.78 is 0. The first-order valence-electron chi connectivity index (χ1n) is 23.9. The Balaban J connectivity index is 0.823. The monoisotopic (exact) mass is 718 g/mol. The molecule has 3 saturated heterocycles. The van der Waals surface area contributed by atoms with Crippen LogP contribution in [0, 0.1) is 71.0 Å². The zero-order valence-corrected chi connectivity index (χ0v) is 33.7. The first-order valence-corrected chi connectivity index (χ1v) is 25.8. The number of hydrogen-bond acceptors (Lipinski definition) is 3. The molecule has 0 aromatic rings. The van der Waals surface area contributed by atoms with Crippen molar-refractivity contribution in [3.05, 3.63) is 0 Å². The van der Waals surface area contributed by atoms with Gasteiger partial charge in [-0.2, -0.15) is 23.5 Å². The molecule has 0 aromatic heterocycles. The lowest BCUT2D eigenvalue weighted by Gasteiger charge is -2.48. The molecule has 3 heteroatoms. The molecule has 0 bridgehead atoms. The molecule has 3 aliphatic heterocycles. The van der Waals surface area contributed by atoms with Crippen LogP contribution in [0.2, 0.25) is 0 Å². The van der Waals surface area contributed by atoms with E-state index in [0.29, 0.717) is 0 Å². The summed E-state index contributed by atoms with van der Waals surface area (Å²) in [7, 11) is 0. The Bertz CT molecular complexity index is 1130. The Morgan fingerprint density at radius 1 is 0.320 bits per heavy atom. The van der Waals surface area contributed by atoms with E-state index in [2.05, 4.69) is 28.4 Å². The van der Waals surface area contributed by atoms with Crippen LogP contribution in [0.4, 0.5) is 0 Å². The highest BCUT2D eigenvalue weighted by Crippen LogP contribution is 2.67. The number of thioether (sulfide) groups is 2. The van der Waals surface area contributed by atoms with Crippen LogP contribution in [0.1, 0.15) is 180 Å². The van der Waals surface area contributed by atoms with Gasteiger partial charge in [0, 0.05) is 39.1 Å². The highest BCUT2D eigenvalue weighted by Gasteiger charge is 2.61. The summed E-state index contributed by atoms with van der Waals surface area (Å²) in [4.78, 5) is 3.43. The fourth-order valence-electron chi connectivity index (χ4n) is 17.7. The maximum atomic E-state index is 3.43. The Morgan fingerprint density at radius 2 is 0.920 bits per heavy atom. The van der Waals surface area contributed by atoms with E-state index in [1.807, 2.05) is 0 Å². The maximum absolute atomic E-state index is 3.43. The van der Waals surface area contributed by atoms with E-state index in [0.717, 1.165) is 110 Å². The number of rotatable bonds is 4. The van der Waals surface area contributed by atoms with E-state index in [9.17, 15) is 0 Å². The molecular formula is C47H75NS2. The number of fused-ring (bicyclic) bond motifs is 10. The lowest BCUT2D eigenvalue weighted by atomic mass is 9.62. The highest BCUT2D eigenvalue weighted by atomic mass is 32.2. The van der Waals surface area contributed by atoms with Crippen LogP contribution in [0.3, 0.4) is 0 Å². The van der Waals surface area contributed by atoms with Gasteiger partial charge in [-0.05, 0) is 161 Å². The molecule has 3 heterocycles. The average Bonchev–Trinajstić information content (AvgIpc) is 3.95. The third-order valence-corrected chi connectivity index (χ3v) is 23.4. The molecule has 11 aliphatic rings. The first kappa shape index (κ1) is 34.0. The lowest BCUT2D eigenvalue weighted by Crippen LogP contribution is -2.50. The van der Waals surface area contributed by atoms with E-state index in [4.69, 9.17) is 0 Å². The second-order valence-corrected chi connectivity index (χ2v) is 24.2. The zero-order chi connectivity index (χ0) is 32.8. The summed E-state index contributed by atoms with van der Waals surface area (Å²) in [6, 6.07) is 2.88. The predicted octanol–water partition coefficient (Wildman–Crippen LogP) is 12.8. The summed E-state index contributed by atoms with van der Waals surface area (Å²) in [5, 5.41) is 4.21. The Hall–Kier alpha value is 0.660. The van der Waals surface area contributed by atoms with Crippen molar-refractivity contribution in [1.82, 2.24) is 4.90 Å². The highest BCUT2D eigenvalue weighted by molar-refractivity contribution is 8.02. The summed E-state index contributed by atoms with van der Waals surface area (Å²) in [5.74, 6) is 13.0. The molecule has 1 nitrogen and oxygen atoms in total. The predicted molar refractivity (Wildman–Crippen MR) is 215 cm³/mol. The topological polar surface area (TPSA) is 3.24 Å². The van der Waals surface area contributed by atoms with Crippen LogP contribution in [0.5, 0.6) is 0 Å². The molecule has 17 atom stereocenters. The minimum absolute atomic E-state index is 0.942. The maximum Gasteiger partial charge on any atom is 0.0133 e. The van der Waals surface area contributed by atoms with Crippen LogP contribution in [-0.4, -0.2) is 44.0 Å². The first-order chi connectivity index (χ1) is 24.8. The standard InChI is InChI=1S/C47H75NS2/c1-3-10-29(11-4-1)31-20-23-41-39(27-31)40-28-32(30-12-5-2-6-13-30)21-24-42(40)48(41)34-15-7-14-33(26-34)35-16-8-17-36-37-22-25-44-45(47(37)50-46(35)36)38-18-9-19-43(38)49-44/h29-47H,1-28H2. The molecule has 280 valence electrons. The quantitative estimate of drug-likeness (QED) is 0.285. The molecule has 11 rings (SSSR count). The van der Waals surface area contributed by atoms with Gasteiger partial charge in [-0.25, -0.2) is 0 Å². The van der Waals surface area contributed by atoms with E-state index in [1.54, 1.807) is 167 Å².